The lowest BCUT2D eigenvalue weighted by molar-refractivity contribution is 0.422. The topological polar surface area (TPSA) is 24.9 Å². The third kappa shape index (κ3) is 4.82. The molecule has 0 spiro atoms. The molecule has 1 N–H and O–H groups in total. The maximum absolute atomic E-state index is 5.86. The molecule has 0 saturated carbocycles. The summed E-state index contributed by atoms with van der Waals surface area (Å²) >= 11 is 7.53. The van der Waals surface area contributed by atoms with Gasteiger partial charge in [-0.3, -0.25) is 0 Å². The summed E-state index contributed by atoms with van der Waals surface area (Å²) in [7, 11) is 0. The van der Waals surface area contributed by atoms with Crippen molar-refractivity contribution in [1.82, 2.24) is 10.3 Å². The minimum Gasteiger partial charge on any atom is -0.308 e. The highest BCUT2D eigenvalue weighted by Gasteiger charge is 2.11. The molecular weight excluding hydrogens is 288 g/mol. The molecule has 1 heterocycles. The zero-order chi connectivity index (χ0) is 14.6. The molecule has 0 aliphatic carbocycles. The van der Waals surface area contributed by atoms with E-state index in [1.165, 1.54) is 10.5 Å². The van der Waals surface area contributed by atoms with E-state index in [0.717, 1.165) is 11.6 Å². The first-order valence-corrected chi connectivity index (χ1v) is 7.76. The van der Waals surface area contributed by atoms with Gasteiger partial charge < -0.3 is 5.32 Å². The molecule has 0 aliphatic rings. The van der Waals surface area contributed by atoms with Crippen molar-refractivity contribution in [2.75, 3.05) is 0 Å². The van der Waals surface area contributed by atoms with Crippen LogP contribution in [0.2, 0.25) is 5.02 Å². The van der Waals surface area contributed by atoms with Crippen LogP contribution in [-0.4, -0.2) is 10.5 Å². The Bertz CT molecular complexity index is 561. The fourth-order valence-electron chi connectivity index (χ4n) is 1.65. The first-order valence-electron chi connectivity index (χ1n) is 6.56. The number of pyridine rings is 1. The minimum atomic E-state index is 0.107. The molecule has 0 radical (unpaired) electrons. The Balaban J connectivity index is 2.13. The van der Waals surface area contributed by atoms with Gasteiger partial charge in [0.25, 0.3) is 0 Å². The van der Waals surface area contributed by atoms with Crippen LogP contribution in [-0.2, 0) is 6.54 Å². The zero-order valence-electron chi connectivity index (χ0n) is 12.0. The number of rotatable bonds is 4. The average molecular weight is 307 g/mol. The Morgan fingerprint density at radius 3 is 2.55 bits per heavy atom. The molecule has 0 amide bonds. The van der Waals surface area contributed by atoms with E-state index < -0.39 is 0 Å². The molecular formula is C16H19ClN2S. The first-order chi connectivity index (χ1) is 9.44. The first kappa shape index (κ1) is 15.4. The molecule has 2 aromatic rings. The van der Waals surface area contributed by atoms with E-state index in [1.807, 2.05) is 12.1 Å². The van der Waals surface area contributed by atoms with Crippen LogP contribution in [0.1, 0.15) is 26.3 Å². The standard InChI is InChI=1S/C16H19ClN2S/c1-16(2,3)19-10-12-6-4-5-7-14(12)20-15-9-8-13(17)11-18-15/h4-9,11,19H,10H2,1-3H3. The number of benzene rings is 1. The smallest absolute Gasteiger partial charge is 0.101 e. The van der Waals surface area contributed by atoms with Crippen molar-refractivity contribution in [3.8, 4) is 0 Å². The number of hydrogen-bond donors (Lipinski definition) is 1. The highest BCUT2D eigenvalue weighted by atomic mass is 35.5. The third-order valence-electron chi connectivity index (χ3n) is 2.70. The maximum atomic E-state index is 5.86. The summed E-state index contributed by atoms with van der Waals surface area (Å²) in [5.41, 5.74) is 1.39. The van der Waals surface area contributed by atoms with Gasteiger partial charge in [-0.1, -0.05) is 41.6 Å². The Hall–Kier alpha value is -1.03. The molecule has 1 aromatic heterocycles. The molecule has 0 aliphatic heterocycles. The van der Waals surface area contributed by atoms with Crippen molar-refractivity contribution in [1.29, 1.82) is 0 Å². The van der Waals surface area contributed by atoms with Crippen molar-refractivity contribution in [2.24, 2.45) is 0 Å². The van der Waals surface area contributed by atoms with E-state index in [-0.39, 0.29) is 5.54 Å². The van der Waals surface area contributed by atoms with Crippen LogP contribution in [0.15, 0.2) is 52.5 Å². The van der Waals surface area contributed by atoms with Gasteiger partial charge >= 0.3 is 0 Å². The van der Waals surface area contributed by atoms with Gasteiger partial charge in [-0.05, 0) is 44.5 Å². The Morgan fingerprint density at radius 1 is 1.15 bits per heavy atom. The van der Waals surface area contributed by atoms with Gasteiger partial charge in [0.1, 0.15) is 5.03 Å². The van der Waals surface area contributed by atoms with Gasteiger partial charge in [0.15, 0.2) is 0 Å². The fraction of sp³-hybridized carbons (Fsp3) is 0.312. The third-order valence-corrected chi connectivity index (χ3v) is 3.99. The second-order valence-electron chi connectivity index (χ2n) is 5.63. The van der Waals surface area contributed by atoms with Crippen LogP contribution >= 0.6 is 23.4 Å². The van der Waals surface area contributed by atoms with Crippen LogP contribution in [0.4, 0.5) is 0 Å². The summed E-state index contributed by atoms with van der Waals surface area (Å²) in [5, 5.41) is 5.14. The normalized spacial score (nSPS) is 11.6. The number of halogens is 1. The van der Waals surface area contributed by atoms with Gasteiger partial charge in [-0.15, -0.1) is 0 Å². The summed E-state index contributed by atoms with van der Waals surface area (Å²) in [4.78, 5) is 5.56. The fourth-order valence-corrected chi connectivity index (χ4v) is 2.64. The summed E-state index contributed by atoms with van der Waals surface area (Å²) in [6, 6.07) is 12.2. The van der Waals surface area contributed by atoms with Crippen LogP contribution < -0.4 is 5.32 Å². The van der Waals surface area contributed by atoms with Crippen molar-refractivity contribution in [3.05, 3.63) is 53.2 Å². The van der Waals surface area contributed by atoms with Crippen molar-refractivity contribution >= 4 is 23.4 Å². The molecule has 0 fully saturated rings. The van der Waals surface area contributed by atoms with E-state index in [9.17, 15) is 0 Å². The summed E-state index contributed by atoms with van der Waals surface area (Å²) in [5.74, 6) is 0. The quantitative estimate of drug-likeness (QED) is 0.880. The monoisotopic (exact) mass is 306 g/mol. The van der Waals surface area contributed by atoms with Crippen LogP contribution in [0.25, 0.3) is 0 Å². The van der Waals surface area contributed by atoms with E-state index in [0.29, 0.717) is 5.02 Å². The largest absolute Gasteiger partial charge is 0.308 e. The van der Waals surface area contributed by atoms with Gasteiger partial charge in [-0.25, -0.2) is 4.98 Å². The van der Waals surface area contributed by atoms with E-state index in [2.05, 4.69) is 55.3 Å². The number of aromatic nitrogens is 1. The Labute approximate surface area is 130 Å². The average Bonchev–Trinajstić information content (AvgIpc) is 2.39. The molecule has 0 saturated heterocycles. The molecule has 0 unspecified atom stereocenters. The lowest BCUT2D eigenvalue weighted by Gasteiger charge is -2.21. The van der Waals surface area contributed by atoms with E-state index >= 15 is 0 Å². The Morgan fingerprint density at radius 2 is 1.90 bits per heavy atom. The van der Waals surface area contributed by atoms with Crippen LogP contribution in [0.5, 0.6) is 0 Å². The lowest BCUT2D eigenvalue weighted by atomic mass is 10.1. The lowest BCUT2D eigenvalue weighted by Crippen LogP contribution is -2.35. The molecule has 2 rings (SSSR count). The zero-order valence-corrected chi connectivity index (χ0v) is 13.6. The van der Waals surface area contributed by atoms with Gasteiger partial charge in [0, 0.05) is 23.2 Å². The predicted molar refractivity (Wildman–Crippen MR) is 86.4 cm³/mol. The van der Waals surface area contributed by atoms with Crippen molar-refractivity contribution in [3.63, 3.8) is 0 Å². The molecule has 2 nitrogen and oxygen atoms in total. The predicted octanol–water partition coefficient (Wildman–Crippen LogP) is 4.77. The van der Waals surface area contributed by atoms with Crippen molar-refractivity contribution in [2.45, 2.75) is 42.8 Å². The number of nitrogens with zero attached hydrogens (tertiary/aromatic N) is 1. The summed E-state index contributed by atoms with van der Waals surface area (Å²) in [6.45, 7) is 7.36. The molecule has 1 aromatic carbocycles. The molecule has 4 heteroatoms. The summed E-state index contributed by atoms with van der Waals surface area (Å²) in [6.07, 6.45) is 1.68. The Kier molecular flexibility index (Phi) is 5.08. The highest BCUT2D eigenvalue weighted by molar-refractivity contribution is 7.99. The molecule has 0 bridgehead atoms. The van der Waals surface area contributed by atoms with Gasteiger partial charge in [0.05, 0.1) is 5.02 Å². The second-order valence-corrected chi connectivity index (χ2v) is 7.13. The van der Waals surface area contributed by atoms with Crippen LogP contribution in [0, 0.1) is 0 Å². The molecule has 106 valence electrons. The molecule has 20 heavy (non-hydrogen) atoms. The van der Waals surface area contributed by atoms with E-state index in [1.54, 1.807) is 18.0 Å². The van der Waals surface area contributed by atoms with Crippen molar-refractivity contribution < 1.29 is 0 Å². The molecule has 0 atom stereocenters. The second kappa shape index (κ2) is 6.61. The minimum absolute atomic E-state index is 0.107. The number of nitrogens with one attached hydrogen (secondary N) is 1. The highest BCUT2D eigenvalue weighted by Crippen LogP contribution is 2.29. The van der Waals surface area contributed by atoms with Crippen LogP contribution in [0.3, 0.4) is 0 Å². The SMILES string of the molecule is CC(C)(C)NCc1ccccc1Sc1ccc(Cl)cn1. The van der Waals surface area contributed by atoms with E-state index in [4.69, 9.17) is 11.6 Å². The summed E-state index contributed by atoms with van der Waals surface area (Å²) < 4.78 is 0. The van der Waals surface area contributed by atoms with Gasteiger partial charge in [0.2, 0.25) is 0 Å². The maximum Gasteiger partial charge on any atom is 0.101 e. The van der Waals surface area contributed by atoms with Gasteiger partial charge in [-0.2, -0.15) is 0 Å². The number of hydrogen-bond acceptors (Lipinski definition) is 3.